The number of hydrogen-bond acceptors (Lipinski definition) is 8. The number of carbonyl (C=O) groups is 1. The third kappa shape index (κ3) is 4.79. The molecule has 0 atom stereocenters. The van der Waals surface area contributed by atoms with E-state index in [2.05, 4.69) is 30.2 Å². The van der Waals surface area contributed by atoms with Gasteiger partial charge in [-0.3, -0.25) is 20.1 Å². The molecule has 0 aliphatic carbocycles. The van der Waals surface area contributed by atoms with Crippen LogP contribution in [0.3, 0.4) is 0 Å². The standard InChI is InChI=1S/C24H16Cl2N6O2S/c1-12-7-14(15-8-21(26)29-11-20(15)34-2)16(10-27-12)22(33)32-24-31-19-6-5-18(30-23(19)35-24)17-4-3-13(25)9-28-17/h3-11H,1-2H3,(H,31,32,33). The molecule has 0 unspecified atom stereocenters. The van der Waals surface area contributed by atoms with Crippen LogP contribution in [0.15, 0.2) is 55.0 Å². The van der Waals surface area contributed by atoms with Gasteiger partial charge in [0.2, 0.25) is 0 Å². The Morgan fingerprint density at radius 3 is 2.54 bits per heavy atom. The third-order valence-corrected chi connectivity index (χ3v) is 6.41. The number of carbonyl (C=O) groups excluding carboxylic acids is 1. The zero-order valence-corrected chi connectivity index (χ0v) is 20.7. The molecule has 174 valence electrons. The molecule has 0 saturated heterocycles. The number of halogens is 2. The Labute approximate surface area is 214 Å². The van der Waals surface area contributed by atoms with Gasteiger partial charge in [0, 0.05) is 29.2 Å². The number of nitrogens with one attached hydrogen (secondary N) is 1. The molecule has 0 spiro atoms. The van der Waals surface area contributed by atoms with Crippen LogP contribution in [0.5, 0.6) is 5.75 Å². The van der Waals surface area contributed by atoms with Gasteiger partial charge in [-0.05, 0) is 43.3 Å². The van der Waals surface area contributed by atoms with Crippen molar-refractivity contribution in [2.45, 2.75) is 6.92 Å². The van der Waals surface area contributed by atoms with Crippen LogP contribution < -0.4 is 10.1 Å². The lowest BCUT2D eigenvalue weighted by Crippen LogP contribution is -2.14. The Morgan fingerprint density at radius 2 is 1.77 bits per heavy atom. The van der Waals surface area contributed by atoms with Gasteiger partial charge in [-0.1, -0.05) is 34.5 Å². The normalized spacial score (nSPS) is 11.0. The van der Waals surface area contributed by atoms with Crippen molar-refractivity contribution in [2.75, 3.05) is 12.4 Å². The molecule has 1 amide bonds. The summed E-state index contributed by atoms with van der Waals surface area (Å²) in [5, 5.41) is 4.10. The van der Waals surface area contributed by atoms with E-state index in [1.807, 2.05) is 19.1 Å². The van der Waals surface area contributed by atoms with Gasteiger partial charge in [-0.15, -0.1) is 0 Å². The van der Waals surface area contributed by atoms with Gasteiger partial charge in [-0.2, -0.15) is 0 Å². The summed E-state index contributed by atoms with van der Waals surface area (Å²) in [6.07, 6.45) is 4.60. The van der Waals surface area contributed by atoms with Crippen LogP contribution in [0.4, 0.5) is 5.13 Å². The first kappa shape index (κ1) is 23.1. The maximum absolute atomic E-state index is 13.3. The lowest BCUT2D eigenvalue weighted by molar-refractivity contribution is 0.102. The maximum Gasteiger partial charge on any atom is 0.259 e. The molecule has 8 nitrogen and oxygen atoms in total. The van der Waals surface area contributed by atoms with E-state index in [4.69, 9.17) is 27.9 Å². The molecule has 0 aliphatic rings. The first-order chi connectivity index (χ1) is 16.9. The minimum atomic E-state index is -0.374. The van der Waals surface area contributed by atoms with Crippen molar-refractivity contribution in [2.24, 2.45) is 0 Å². The van der Waals surface area contributed by atoms with Crippen LogP contribution in [-0.4, -0.2) is 37.9 Å². The predicted octanol–water partition coefficient (Wildman–Crippen LogP) is 6.09. The number of aryl methyl sites for hydroxylation is 1. The quantitative estimate of drug-likeness (QED) is 0.278. The molecule has 11 heteroatoms. The van der Waals surface area contributed by atoms with E-state index in [9.17, 15) is 4.79 Å². The van der Waals surface area contributed by atoms with Gasteiger partial charge >= 0.3 is 0 Å². The first-order valence-electron chi connectivity index (χ1n) is 10.3. The SMILES string of the molecule is COc1cnc(Cl)cc1-c1cc(C)ncc1C(=O)Nc1nc2ccc(-c3ccc(Cl)cn3)nc2s1. The molecule has 5 aromatic rings. The second kappa shape index (κ2) is 9.53. The Hall–Kier alpha value is -3.66. The number of methoxy groups -OCH3 is 1. The molecular formula is C24H16Cl2N6O2S. The van der Waals surface area contributed by atoms with Crippen molar-refractivity contribution >= 4 is 55.9 Å². The van der Waals surface area contributed by atoms with Crippen LogP contribution in [-0.2, 0) is 0 Å². The van der Waals surface area contributed by atoms with E-state index < -0.39 is 0 Å². The molecule has 1 N–H and O–H groups in total. The zero-order valence-electron chi connectivity index (χ0n) is 18.4. The van der Waals surface area contributed by atoms with E-state index in [1.165, 1.54) is 30.8 Å². The summed E-state index contributed by atoms with van der Waals surface area (Å²) in [6, 6.07) is 10.7. The molecule has 35 heavy (non-hydrogen) atoms. The lowest BCUT2D eigenvalue weighted by Gasteiger charge is -2.13. The Morgan fingerprint density at radius 1 is 0.943 bits per heavy atom. The van der Waals surface area contributed by atoms with Crippen molar-refractivity contribution in [3.8, 4) is 28.3 Å². The maximum atomic E-state index is 13.3. The summed E-state index contributed by atoms with van der Waals surface area (Å²) < 4.78 is 5.44. The average Bonchev–Trinajstić information content (AvgIpc) is 3.25. The molecule has 0 fully saturated rings. The second-order valence-corrected chi connectivity index (χ2v) is 9.24. The molecule has 5 heterocycles. The number of pyridine rings is 4. The molecule has 5 rings (SSSR count). The van der Waals surface area contributed by atoms with Gasteiger partial charge in [0.25, 0.3) is 5.91 Å². The third-order valence-electron chi connectivity index (χ3n) is 5.10. The van der Waals surface area contributed by atoms with E-state index >= 15 is 0 Å². The zero-order chi connectivity index (χ0) is 24.5. The summed E-state index contributed by atoms with van der Waals surface area (Å²) >= 11 is 13.3. The molecular weight excluding hydrogens is 507 g/mol. The number of fused-ring (bicyclic) bond motifs is 1. The summed E-state index contributed by atoms with van der Waals surface area (Å²) in [4.78, 5) is 35.8. The summed E-state index contributed by atoms with van der Waals surface area (Å²) in [5.74, 6) is 0.114. The van der Waals surface area contributed by atoms with Gasteiger partial charge in [0.1, 0.15) is 21.2 Å². The largest absolute Gasteiger partial charge is 0.494 e. The average molecular weight is 523 g/mol. The fourth-order valence-corrected chi connectivity index (χ4v) is 4.56. The summed E-state index contributed by atoms with van der Waals surface area (Å²) in [6.45, 7) is 1.84. The predicted molar refractivity (Wildman–Crippen MR) is 137 cm³/mol. The van der Waals surface area contributed by atoms with Crippen molar-refractivity contribution in [3.63, 3.8) is 0 Å². The van der Waals surface area contributed by atoms with Crippen molar-refractivity contribution in [1.29, 1.82) is 0 Å². The Bertz CT molecular complexity index is 1570. The van der Waals surface area contributed by atoms with Gasteiger partial charge < -0.3 is 4.74 Å². The van der Waals surface area contributed by atoms with Crippen LogP contribution in [0.1, 0.15) is 16.1 Å². The molecule has 0 aliphatic heterocycles. The highest BCUT2D eigenvalue weighted by molar-refractivity contribution is 7.22. The molecule has 0 aromatic carbocycles. The fraction of sp³-hybridized carbons (Fsp3) is 0.0833. The Kier molecular flexibility index (Phi) is 6.29. The number of rotatable bonds is 5. The minimum Gasteiger partial charge on any atom is -0.494 e. The van der Waals surface area contributed by atoms with Gasteiger partial charge in [-0.25, -0.2) is 15.0 Å². The number of amides is 1. The highest BCUT2D eigenvalue weighted by Gasteiger charge is 2.19. The number of anilines is 1. The number of ether oxygens (including phenoxy) is 1. The van der Waals surface area contributed by atoms with Crippen LogP contribution >= 0.6 is 34.5 Å². The van der Waals surface area contributed by atoms with E-state index in [-0.39, 0.29) is 11.1 Å². The topological polar surface area (TPSA) is 103 Å². The number of thiazole rings is 1. The smallest absolute Gasteiger partial charge is 0.259 e. The molecule has 0 radical (unpaired) electrons. The number of aromatic nitrogens is 5. The van der Waals surface area contributed by atoms with Crippen molar-refractivity contribution in [1.82, 2.24) is 24.9 Å². The van der Waals surface area contributed by atoms with Gasteiger partial charge in [0.05, 0.1) is 35.3 Å². The Balaban J connectivity index is 1.48. The molecule has 5 aromatic heterocycles. The highest BCUT2D eigenvalue weighted by Crippen LogP contribution is 2.34. The van der Waals surface area contributed by atoms with Crippen LogP contribution in [0, 0.1) is 6.92 Å². The molecule has 0 saturated carbocycles. The van der Waals surface area contributed by atoms with E-state index in [0.29, 0.717) is 54.3 Å². The molecule has 0 bridgehead atoms. The summed E-state index contributed by atoms with van der Waals surface area (Å²) in [7, 11) is 1.53. The first-order valence-corrected chi connectivity index (χ1v) is 11.9. The van der Waals surface area contributed by atoms with Crippen LogP contribution in [0.2, 0.25) is 10.2 Å². The van der Waals surface area contributed by atoms with Crippen LogP contribution in [0.25, 0.3) is 32.9 Å². The number of nitrogens with zero attached hydrogens (tertiary/aromatic N) is 5. The number of hydrogen-bond donors (Lipinski definition) is 1. The highest BCUT2D eigenvalue weighted by atomic mass is 35.5. The monoisotopic (exact) mass is 522 g/mol. The minimum absolute atomic E-state index is 0.282. The van der Waals surface area contributed by atoms with Gasteiger partial charge in [0.15, 0.2) is 5.13 Å². The fourth-order valence-electron chi connectivity index (χ4n) is 3.46. The lowest BCUT2D eigenvalue weighted by atomic mass is 10.0. The summed E-state index contributed by atoms with van der Waals surface area (Å²) in [5.41, 5.74) is 4.36. The second-order valence-electron chi connectivity index (χ2n) is 7.43. The van der Waals surface area contributed by atoms with Crippen molar-refractivity contribution in [3.05, 3.63) is 76.4 Å². The van der Waals surface area contributed by atoms with E-state index in [1.54, 1.807) is 30.5 Å². The van der Waals surface area contributed by atoms with E-state index in [0.717, 1.165) is 5.69 Å². The van der Waals surface area contributed by atoms with Crippen molar-refractivity contribution < 1.29 is 9.53 Å².